The van der Waals surface area contributed by atoms with Crippen LogP contribution in [0.5, 0.6) is 0 Å². The zero-order valence-electron chi connectivity index (χ0n) is 26.4. The molecule has 2 atom stereocenters. The number of hydrogen-bond donors (Lipinski definition) is 3. The minimum atomic E-state index is -4.20. The van der Waals surface area contributed by atoms with Gasteiger partial charge in [0, 0.05) is 38.1 Å². The molecular formula is C34H39Cl2F3N6O2. The molecule has 8 nitrogen and oxygen atoms in total. The number of benzene rings is 2. The number of anilines is 3. The SMILES string of the molecule is Cn1c(Nc2c(Cl)ccc(CNC(=O)C3(C)CCC3)c2Cl)nc2cc(C(=O)N[C@H]3CC[C@H](C(F)(F)F)CC3)c(N3CC4CC4C3)cc21. The maximum atomic E-state index is 13.7. The lowest BCUT2D eigenvalue weighted by Gasteiger charge is -2.36. The smallest absolute Gasteiger partial charge is 0.370 e. The molecule has 0 radical (unpaired) electrons. The first-order chi connectivity index (χ1) is 22.3. The van der Waals surface area contributed by atoms with Crippen molar-refractivity contribution in [1.29, 1.82) is 0 Å². The average molecular weight is 692 g/mol. The topological polar surface area (TPSA) is 91.3 Å². The summed E-state index contributed by atoms with van der Waals surface area (Å²) in [5, 5.41) is 10.1. The second-order valence-electron chi connectivity index (χ2n) is 14.2. The molecule has 1 aliphatic heterocycles. The Hall–Kier alpha value is -3.18. The Bertz CT molecular complexity index is 1720. The number of aromatic nitrogens is 2. The van der Waals surface area contributed by atoms with Crippen molar-refractivity contribution in [1.82, 2.24) is 20.2 Å². The van der Waals surface area contributed by atoms with Crippen LogP contribution in [0.2, 0.25) is 10.0 Å². The molecule has 0 spiro atoms. The molecule has 1 saturated heterocycles. The highest BCUT2D eigenvalue weighted by molar-refractivity contribution is 6.39. The van der Waals surface area contributed by atoms with Crippen LogP contribution in [0, 0.1) is 23.2 Å². The Kier molecular flexibility index (Phi) is 8.30. The molecule has 4 fully saturated rings. The lowest BCUT2D eigenvalue weighted by molar-refractivity contribution is -0.182. The number of imidazole rings is 1. The molecule has 3 aliphatic carbocycles. The van der Waals surface area contributed by atoms with E-state index in [2.05, 4.69) is 20.9 Å². The predicted molar refractivity (Wildman–Crippen MR) is 177 cm³/mol. The van der Waals surface area contributed by atoms with Crippen LogP contribution in [0.25, 0.3) is 11.0 Å². The number of hydrogen-bond acceptors (Lipinski definition) is 5. The highest BCUT2D eigenvalue weighted by atomic mass is 35.5. The number of carbonyl (C=O) groups excluding carboxylic acids is 2. The molecule has 2 heterocycles. The van der Waals surface area contributed by atoms with E-state index in [0.717, 1.165) is 43.6 Å². The summed E-state index contributed by atoms with van der Waals surface area (Å²) in [4.78, 5) is 33.5. The minimum absolute atomic E-state index is 0.0135. The van der Waals surface area contributed by atoms with E-state index in [1.807, 2.05) is 24.6 Å². The van der Waals surface area contributed by atoms with Crippen molar-refractivity contribution in [2.24, 2.45) is 30.2 Å². The molecule has 2 aromatic carbocycles. The van der Waals surface area contributed by atoms with Gasteiger partial charge in [0.1, 0.15) is 0 Å². The molecule has 3 N–H and O–H groups in total. The fourth-order valence-corrected chi connectivity index (χ4v) is 8.02. The van der Waals surface area contributed by atoms with E-state index in [1.54, 1.807) is 18.2 Å². The third-order valence-corrected chi connectivity index (χ3v) is 11.7. The number of carbonyl (C=O) groups is 2. The van der Waals surface area contributed by atoms with E-state index in [-0.39, 0.29) is 42.7 Å². The van der Waals surface area contributed by atoms with E-state index in [0.29, 0.717) is 63.0 Å². The average Bonchev–Trinajstić information content (AvgIpc) is 3.50. The van der Waals surface area contributed by atoms with Gasteiger partial charge in [-0.05, 0) is 80.5 Å². The molecule has 47 heavy (non-hydrogen) atoms. The standard InChI is InChI=1S/C34H39Cl2F3N6O2/c1-33(10-3-11-33)31(47)40-15-18-4-9-24(35)29(28(18)36)43-32-42-25-13-23(30(46)41-22-7-5-21(6-8-22)34(37,38)39)26(14-27(25)44(32)2)45-16-19-12-20(19)17-45/h4,9,13-14,19-22H,3,5-8,10-12,15-17H2,1-2H3,(H,40,47)(H,41,46)(H,42,43)/t19?,20?,21-,22-. The van der Waals surface area contributed by atoms with Crippen LogP contribution in [-0.2, 0) is 18.4 Å². The van der Waals surface area contributed by atoms with Crippen molar-refractivity contribution in [3.05, 3.63) is 45.4 Å². The molecule has 1 aromatic heterocycles. The highest BCUT2D eigenvalue weighted by Gasteiger charge is 2.46. The first-order valence-corrected chi connectivity index (χ1v) is 17.2. The van der Waals surface area contributed by atoms with Crippen molar-refractivity contribution in [3.8, 4) is 0 Å². The van der Waals surface area contributed by atoms with Crippen LogP contribution in [0.4, 0.5) is 30.5 Å². The molecule has 13 heteroatoms. The van der Waals surface area contributed by atoms with Gasteiger partial charge in [-0.2, -0.15) is 13.2 Å². The highest BCUT2D eigenvalue weighted by Crippen LogP contribution is 2.48. The van der Waals surface area contributed by atoms with Crippen LogP contribution in [-0.4, -0.2) is 46.7 Å². The van der Waals surface area contributed by atoms with Crippen molar-refractivity contribution < 1.29 is 22.8 Å². The van der Waals surface area contributed by atoms with Gasteiger partial charge in [-0.3, -0.25) is 9.59 Å². The lowest BCUT2D eigenvalue weighted by Crippen LogP contribution is -2.43. The van der Waals surface area contributed by atoms with E-state index in [1.165, 1.54) is 6.42 Å². The molecule has 252 valence electrons. The quantitative estimate of drug-likeness (QED) is 0.225. The first kappa shape index (κ1) is 32.4. The molecule has 2 unspecified atom stereocenters. The van der Waals surface area contributed by atoms with Gasteiger partial charge in [-0.15, -0.1) is 0 Å². The monoisotopic (exact) mass is 690 g/mol. The van der Waals surface area contributed by atoms with Crippen molar-refractivity contribution in [3.63, 3.8) is 0 Å². The van der Waals surface area contributed by atoms with Crippen LogP contribution in [0.1, 0.15) is 74.2 Å². The number of amides is 2. The third-order valence-electron chi connectivity index (χ3n) is 10.9. The number of rotatable bonds is 8. The molecule has 2 amide bonds. The van der Waals surface area contributed by atoms with Crippen LogP contribution in [0.3, 0.4) is 0 Å². The third kappa shape index (κ3) is 6.25. The van der Waals surface area contributed by atoms with Gasteiger partial charge < -0.3 is 25.4 Å². The summed E-state index contributed by atoms with van der Waals surface area (Å²) in [5.74, 6) is 0.122. The van der Waals surface area contributed by atoms with Gasteiger partial charge in [0.15, 0.2) is 0 Å². The number of halogens is 5. The Labute approximate surface area is 281 Å². The van der Waals surface area contributed by atoms with E-state index >= 15 is 0 Å². The Morgan fingerprint density at radius 2 is 1.77 bits per heavy atom. The Morgan fingerprint density at radius 1 is 1.06 bits per heavy atom. The Balaban J connectivity index is 1.14. The summed E-state index contributed by atoms with van der Waals surface area (Å²) in [6, 6.07) is 6.96. The molecule has 7 rings (SSSR count). The summed E-state index contributed by atoms with van der Waals surface area (Å²) < 4.78 is 41.5. The summed E-state index contributed by atoms with van der Waals surface area (Å²) in [6.45, 7) is 3.97. The summed E-state index contributed by atoms with van der Waals surface area (Å²) in [7, 11) is 1.87. The second kappa shape index (κ2) is 12.1. The summed E-state index contributed by atoms with van der Waals surface area (Å²) >= 11 is 13.4. The van der Waals surface area contributed by atoms with E-state index in [4.69, 9.17) is 28.2 Å². The molecule has 0 bridgehead atoms. The summed E-state index contributed by atoms with van der Waals surface area (Å²) in [5.41, 5.74) is 3.49. The van der Waals surface area contributed by atoms with E-state index in [9.17, 15) is 22.8 Å². The maximum Gasteiger partial charge on any atom is 0.391 e. The van der Waals surface area contributed by atoms with Crippen LogP contribution >= 0.6 is 23.2 Å². The van der Waals surface area contributed by atoms with Gasteiger partial charge in [0.2, 0.25) is 11.9 Å². The molecule has 3 aromatic rings. The van der Waals surface area contributed by atoms with Gasteiger partial charge in [0.05, 0.1) is 43.9 Å². The fourth-order valence-electron chi connectivity index (χ4n) is 7.49. The number of alkyl halides is 3. The van der Waals surface area contributed by atoms with Gasteiger partial charge in [0.25, 0.3) is 5.91 Å². The zero-order valence-corrected chi connectivity index (χ0v) is 28.0. The molecule has 3 saturated carbocycles. The van der Waals surface area contributed by atoms with Crippen LogP contribution in [0.15, 0.2) is 24.3 Å². The molecule has 4 aliphatic rings. The van der Waals surface area contributed by atoms with Gasteiger partial charge >= 0.3 is 6.18 Å². The Morgan fingerprint density at radius 3 is 2.40 bits per heavy atom. The number of nitrogens with zero attached hydrogens (tertiary/aromatic N) is 3. The van der Waals surface area contributed by atoms with Gasteiger partial charge in [-0.1, -0.05) is 42.6 Å². The predicted octanol–water partition coefficient (Wildman–Crippen LogP) is 7.74. The lowest BCUT2D eigenvalue weighted by atomic mass is 9.70. The van der Waals surface area contributed by atoms with Crippen LogP contribution < -0.4 is 20.9 Å². The normalized spacial score (nSPS) is 24.9. The largest absolute Gasteiger partial charge is 0.391 e. The number of aryl methyl sites for hydroxylation is 1. The van der Waals surface area contributed by atoms with Gasteiger partial charge in [-0.25, -0.2) is 4.98 Å². The summed E-state index contributed by atoms with van der Waals surface area (Å²) in [6.07, 6.45) is 0.424. The van der Waals surface area contributed by atoms with Crippen molar-refractivity contribution in [2.45, 2.75) is 77.1 Å². The van der Waals surface area contributed by atoms with Crippen molar-refractivity contribution in [2.75, 3.05) is 23.3 Å². The maximum absolute atomic E-state index is 13.7. The number of nitrogens with one attached hydrogen (secondary N) is 3. The number of fused-ring (bicyclic) bond motifs is 2. The second-order valence-corrected chi connectivity index (χ2v) is 15.0. The fraction of sp³-hybridized carbons (Fsp3) is 0.559. The van der Waals surface area contributed by atoms with Crippen molar-refractivity contribution >= 4 is 63.4 Å². The zero-order chi connectivity index (χ0) is 33.2. The van der Waals surface area contributed by atoms with E-state index < -0.39 is 12.1 Å². The molecular weight excluding hydrogens is 652 g/mol. The first-order valence-electron chi connectivity index (χ1n) is 16.5. The minimum Gasteiger partial charge on any atom is -0.370 e. The number of piperidine rings is 1.